The molecule has 166 valence electrons. The first-order valence-electron chi connectivity index (χ1n) is 10.1. The van der Waals surface area contributed by atoms with Gasteiger partial charge in [0.1, 0.15) is 11.6 Å². The van der Waals surface area contributed by atoms with Crippen LogP contribution >= 0.6 is 0 Å². The van der Waals surface area contributed by atoms with Gasteiger partial charge in [-0.3, -0.25) is 0 Å². The van der Waals surface area contributed by atoms with Gasteiger partial charge in [-0.1, -0.05) is 12.1 Å². The standard InChI is InChI=1S/C21H24F3N5O2/c1-13(15-4-3-5-16(10-15)21(22,23)24)25-19-17-11-29(12-18(17)26-14(2)27-19)20(30)28-6-8-31-9-7-28/h3-5,10,13H,6-9,11-12H2,1-2H3,(H,25,26,27)/t13-/m1/s1. The van der Waals surface area contributed by atoms with E-state index in [4.69, 9.17) is 4.74 Å². The van der Waals surface area contributed by atoms with Crippen molar-refractivity contribution in [3.63, 3.8) is 0 Å². The minimum absolute atomic E-state index is 0.0733. The van der Waals surface area contributed by atoms with Crippen LogP contribution in [0.3, 0.4) is 0 Å². The third-order valence-corrected chi connectivity index (χ3v) is 5.51. The molecule has 1 aromatic heterocycles. The average molecular weight is 435 g/mol. The topological polar surface area (TPSA) is 70.6 Å². The number of aryl methyl sites for hydroxylation is 1. The van der Waals surface area contributed by atoms with Crippen LogP contribution < -0.4 is 5.32 Å². The number of nitrogens with one attached hydrogen (secondary N) is 1. The number of benzene rings is 1. The van der Waals surface area contributed by atoms with Gasteiger partial charge in [-0.25, -0.2) is 14.8 Å². The Balaban J connectivity index is 1.53. The maximum Gasteiger partial charge on any atom is 0.416 e. The third-order valence-electron chi connectivity index (χ3n) is 5.51. The van der Waals surface area contributed by atoms with Crippen LogP contribution in [0.5, 0.6) is 0 Å². The predicted octanol–water partition coefficient (Wildman–Crippen LogP) is 3.74. The summed E-state index contributed by atoms with van der Waals surface area (Å²) >= 11 is 0. The molecule has 2 aliphatic heterocycles. The number of halogens is 3. The van der Waals surface area contributed by atoms with Crippen molar-refractivity contribution in [2.45, 2.75) is 39.2 Å². The molecule has 0 spiro atoms. The number of aromatic nitrogens is 2. The number of anilines is 1. The van der Waals surface area contributed by atoms with Crippen molar-refractivity contribution < 1.29 is 22.7 Å². The van der Waals surface area contributed by atoms with Crippen LogP contribution in [0, 0.1) is 6.92 Å². The first-order valence-corrected chi connectivity index (χ1v) is 10.1. The molecule has 1 atom stereocenters. The smallest absolute Gasteiger partial charge is 0.378 e. The van der Waals surface area contributed by atoms with Crippen molar-refractivity contribution in [2.24, 2.45) is 0 Å². The number of ether oxygens (including phenoxy) is 1. The monoisotopic (exact) mass is 435 g/mol. The second kappa shape index (κ2) is 8.33. The van der Waals surface area contributed by atoms with Gasteiger partial charge >= 0.3 is 12.2 Å². The SMILES string of the molecule is Cc1nc2c(c(N[C@H](C)c3cccc(C(F)(F)F)c3)n1)CN(C(=O)N1CCOCC1)C2. The number of rotatable bonds is 3. The highest BCUT2D eigenvalue weighted by Crippen LogP contribution is 2.33. The molecular formula is C21H24F3N5O2. The summed E-state index contributed by atoms with van der Waals surface area (Å²) in [5, 5.41) is 3.23. The van der Waals surface area contributed by atoms with Gasteiger partial charge < -0.3 is 19.9 Å². The number of hydrogen-bond acceptors (Lipinski definition) is 5. The Kier molecular flexibility index (Phi) is 5.74. The zero-order valence-electron chi connectivity index (χ0n) is 17.4. The van der Waals surface area contributed by atoms with Crippen molar-refractivity contribution in [2.75, 3.05) is 31.6 Å². The van der Waals surface area contributed by atoms with Crippen LogP contribution in [0.2, 0.25) is 0 Å². The fourth-order valence-electron chi connectivity index (χ4n) is 3.86. The van der Waals surface area contributed by atoms with E-state index >= 15 is 0 Å². The Morgan fingerprint density at radius 2 is 1.90 bits per heavy atom. The molecule has 1 N–H and O–H groups in total. The maximum absolute atomic E-state index is 13.1. The van der Waals surface area contributed by atoms with Gasteiger partial charge in [-0.05, 0) is 31.5 Å². The molecule has 7 nitrogen and oxygen atoms in total. The number of nitrogens with zero attached hydrogens (tertiary/aromatic N) is 4. The number of amides is 2. The second-order valence-corrected chi connectivity index (χ2v) is 7.77. The second-order valence-electron chi connectivity index (χ2n) is 7.77. The minimum atomic E-state index is -4.40. The number of hydrogen-bond donors (Lipinski definition) is 1. The van der Waals surface area contributed by atoms with E-state index in [1.165, 1.54) is 6.07 Å². The summed E-state index contributed by atoms with van der Waals surface area (Å²) in [5.41, 5.74) is 1.36. The van der Waals surface area contributed by atoms with Crippen LogP contribution in [0.15, 0.2) is 24.3 Å². The molecule has 0 radical (unpaired) electrons. The predicted molar refractivity (Wildman–Crippen MR) is 107 cm³/mol. The lowest BCUT2D eigenvalue weighted by atomic mass is 10.0. The van der Waals surface area contributed by atoms with E-state index < -0.39 is 17.8 Å². The first kappa shape index (κ1) is 21.4. The quantitative estimate of drug-likeness (QED) is 0.795. The number of carbonyl (C=O) groups excluding carboxylic acids is 1. The Bertz CT molecular complexity index is 976. The summed E-state index contributed by atoms with van der Waals surface area (Å²) in [6.07, 6.45) is -4.40. The highest BCUT2D eigenvalue weighted by Gasteiger charge is 2.33. The lowest BCUT2D eigenvalue weighted by molar-refractivity contribution is -0.137. The van der Waals surface area contributed by atoms with Crippen LogP contribution in [-0.4, -0.2) is 52.1 Å². The largest absolute Gasteiger partial charge is 0.416 e. The number of urea groups is 1. The molecule has 10 heteroatoms. The normalized spacial score (nSPS) is 17.5. The summed E-state index contributed by atoms with van der Waals surface area (Å²) in [5.74, 6) is 1.09. The molecule has 1 saturated heterocycles. The lowest BCUT2D eigenvalue weighted by Crippen LogP contribution is -2.46. The molecule has 0 unspecified atom stereocenters. The first-order chi connectivity index (χ1) is 14.7. The van der Waals surface area contributed by atoms with Crippen LogP contribution in [-0.2, 0) is 24.0 Å². The van der Waals surface area contributed by atoms with Gasteiger partial charge in [-0.15, -0.1) is 0 Å². The molecule has 2 aliphatic rings. The third kappa shape index (κ3) is 4.58. The fourth-order valence-corrected chi connectivity index (χ4v) is 3.86. The Morgan fingerprint density at radius 3 is 2.61 bits per heavy atom. The van der Waals surface area contributed by atoms with Crippen molar-refractivity contribution in [1.29, 1.82) is 0 Å². The summed E-state index contributed by atoms with van der Waals surface area (Å²) < 4.78 is 44.5. The zero-order valence-corrected chi connectivity index (χ0v) is 17.4. The molecule has 4 rings (SSSR count). The molecule has 31 heavy (non-hydrogen) atoms. The molecule has 0 saturated carbocycles. The zero-order chi connectivity index (χ0) is 22.2. The minimum Gasteiger partial charge on any atom is -0.378 e. The highest BCUT2D eigenvalue weighted by atomic mass is 19.4. The summed E-state index contributed by atoms with van der Waals surface area (Å²) in [4.78, 5) is 25.3. The van der Waals surface area contributed by atoms with Gasteiger partial charge in [0.25, 0.3) is 0 Å². The molecule has 2 amide bonds. The Hall–Kier alpha value is -2.88. The highest BCUT2D eigenvalue weighted by molar-refractivity contribution is 5.76. The Morgan fingerprint density at radius 1 is 1.16 bits per heavy atom. The van der Waals surface area contributed by atoms with E-state index in [0.717, 1.165) is 23.4 Å². The fraction of sp³-hybridized carbons (Fsp3) is 0.476. The van der Waals surface area contributed by atoms with Gasteiger partial charge in [0.2, 0.25) is 0 Å². The van der Waals surface area contributed by atoms with E-state index in [1.54, 1.807) is 29.7 Å². The molecule has 1 aromatic carbocycles. The van der Waals surface area contributed by atoms with E-state index in [1.807, 2.05) is 0 Å². The van der Waals surface area contributed by atoms with Gasteiger partial charge in [0.15, 0.2) is 0 Å². The van der Waals surface area contributed by atoms with Crippen LogP contribution in [0.25, 0.3) is 0 Å². The molecule has 3 heterocycles. The van der Waals surface area contributed by atoms with Crippen LogP contribution in [0.1, 0.15) is 41.2 Å². The van der Waals surface area contributed by atoms with Crippen molar-refractivity contribution in [1.82, 2.24) is 19.8 Å². The molecule has 0 bridgehead atoms. The van der Waals surface area contributed by atoms with Gasteiger partial charge in [0.05, 0.1) is 37.6 Å². The average Bonchev–Trinajstić information content (AvgIpc) is 3.17. The summed E-state index contributed by atoms with van der Waals surface area (Å²) in [6, 6.07) is 4.75. The number of carbonyl (C=O) groups is 1. The summed E-state index contributed by atoms with van der Waals surface area (Å²) in [7, 11) is 0. The maximum atomic E-state index is 13.1. The van der Waals surface area contributed by atoms with Crippen molar-refractivity contribution in [3.05, 3.63) is 52.5 Å². The summed E-state index contributed by atoms with van der Waals surface area (Å²) in [6.45, 7) is 6.41. The van der Waals surface area contributed by atoms with Crippen molar-refractivity contribution in [3.8, 4) is 0 Å². The van der Waals surface area contributed by atoms with Gasteiger partial charge in [-0.2, -0.15) is 13.2 Å². The number of morpholine rings is 1. The Labute approximate surface area is 178 Å². The number of fused-ring (bicyclic) bond motifs is 1. The van der Waals surface area contributed by atoms with Crippen LogP contribution in [0.4, 0.5) is 23.8 Å². The van der Waals surface area contributed by atoms with E-state index in [2.05, 4.69) is 15.3 Å². The molecule has 2 aromatic rings. The molecule has 0 aliphatic carbocycles. The lowest BCUT2D eigenvalue weighted by Gasteiger charge is -2.30. The van der Waals surface area contributed by atoms with Crippen molar-refractivity contribution >= 4 is 11.8 Å². The van der Waals surface area contributed by atoms with E-state index in [-0.39, 0.29) is 6.03 Å². The number of alkyl halides is 3. The molecular weight excluding hydrogens is 411 g/mol. The molecule has 1 fully saturated rings. The van der Waals surface area contributed by atoms with E-state index in [9.17, 15) is 18.0 Å². The van der Waals surface area contributed by atoms with Gasteiger partial charge in [0, 0.05) is 24.7 Å². The van der Waals surface area contributed by atoms with E-state index in [0.29, 0.717) is 56.6 Å².